The first-order chi connectivity index (χ1) is 16.3. The van der Waals surface area contributed by atoms with Gasteiger partial charge in [-0.1, -0.05) is 107 Å². The molecular weight excluding hydrogens is 468 g/mol. The smallest absolute Gasteiger partial charge is 0.132 e. The Morgan fingerprint density at radius 3 is 2.06 bits per heavy atom. The molecule has 0 N–H and O–H groups in total. The summed E-state index contributed by atoms with van der Waals surface area (Å²) in [5.41, 5.74) is 9.62. The average molecular weight is 487 g/mol. The van der Waals surface area contributed by atoms with Crippen molar-refractivity contribution >= 4 is 15.9 Å². The average Bonchev–Trinajstić information content (AvgIpc) is 3.17. The van der Waals surface area contributed by atoms with E-state index in [0.717, 1.165) is 16.0 Å². The van der Waals surface area contributed by atoms with E-state index in [0.29, 0.717) is 0 Å². The molecule has 0 amide bonds. The lowest BCUT2D eigenvalue weighted by Gasteiger charge is -2.39. The SMILES string of the molecule is Brc1ccc2c(c1)C1(c3ccccc3O2)c2ccccc2-c2c(-c3ccccc3)cccc21. The molecule has 33 heavy (non-hydrogen) atoms. The van der Waals surface area contributed by atoms with Gasteiger partial charge >= 0.3 is 0 Å². The number of hydrogen-bond donors (Lipinski definition) is 0. The van der Waals surface area contributed by atoms with Gasteiger partial charge in [0, 0.05) is 15.6 Å². The maximum absolute atomic E-state index is 6.44. The van der Waals surface area contributed by atoms with Crippen molar-refractivity contribution in [1.29, 1.82) is 0 Å². The van der Waals surface area contributed by atoms with Crippen LogP contribution in [0.25, 0.3) is 22.3 Å². The molecule has 0 bridgehead atoms. The highest BCUT2D eigenvalue weighted by Gasteiger charge is 2.51. The Morgan fingerprint density at radius 2 is 1.18 bits per heavy atom. The number of rotatable bonds is 1. The van der Waals surface area contributed by atoms with Crippen LogP contribution in [-0.2, 0) is 5.41 Å². The van der Waals surface area contributed by atoms with Gasteiger partial charge in [0.25, 0.3) is 0 Å². The Bertz CT molecular complexity index is 1550. The van der Waals surface area contributed by atoms with Gasteiger partial charge in [0.05, 0.1) is 5.41 Å². The number of halogens is 1. The molecule has 0 saturated carbocycles. The monoisotopic (exact) mass is 486 g/mol. The fourth-order valence-corrected chi connectivity index (χ4v) is 6.14. The molecule has 1 nitrogen and oxygen atoms in total. The van der Waals surface area contributed by atoms with Crippen LogP contribution in [0.15, 0.2) is 120 Å². The molecular formula is C31H19BrO. The summed E-state index contributed by atoms with van der Waals surface area (Å²) < 4.78 is 7.49. The molecule has 1 heterocycles. The molecule has 1 aliphatic heterocycles. The zero-order valence-corrected chi connectivity index (χ0v) is 19.3. The van der Waals surface area contributed by atoms with E-state index >= 15 is 0 Å². The van der Waals surface area contributed by atoms with E-state index in [1.54, 1.807) is 0 Å². The molecule has 1 aliphatic carbocycles. The molecule has 1 atom stereocenters. The van der Waals surface area contributed by atoms with Gasteiger partial charge in [0.1, 0.15) is 11.5 Å². The summed E-state index contributed by atoms with van der Waals surface area (Å²) in [7, 11) is 0. The third-order valence-corrected chi connectivity index (χ3v) is 7.50. The number of benzene rings is 5. The summed E-state index contributed by atoms with van der Waals surface area (Å²) in [5.74, 6) is 1.82. The van der Waals surface area contributed by atoms with E-state index in [9.17, 15) is 0 Å². The topological polar surface area (TPSA) is 9.23 Å². The van der Waals surface area contributed by atoms with Gasteiger partial charge in [-0.3, -0.25) is 0 Å². The summed E-state index contributed by atoms with van der Waals surface area (Å²) in [6.45, 7) is 0. The third kappa shape index (κ3) is 2.47. The minimum Gasteiger partial charge on any atom is -0.457 e. The van der Waals surface area contributed by atoms with Crippen molar-refractivity contribution in [2.75, 3.05) is 0 Å². The first-order valence-corrected chi connectivity index (χ1v) is 11.9. The third-order valence-electron chi connectivity index (χ3n) is 7.01. The second kappa shape index (κ2) is 6.94. The van der Waals surface area contributed by atoms with Crippen LogP contribution < -0.4 is 4.74 Å². The van der Waals surface area contributed by atoms with Crippen LogP contribution >= 0.6 is 15.9 Å². The molecule has 7 rings (SSSR count). The quantitative estimate of drug-likeness (QED) is 0.225. The number of para-hydroxylation sites is 1. The van der Waals surface area contributed by atoms with E-state index in [4.69, 9.17) is 4.74 Å². The molecule has 1 spiro atoms. The number of fused-ring (bicyclic) bond motifs is 9. The summed E-state index contributed by atoms with van der Waals surface area (Å²) in [5, 5.41) is 0. The fraction of sp³-hybridized carbons (Fsp3) is 0.0323. The second-order valence-electron chi connectivity index (χ2n) is 8.63. The molecule has 5 aromatic carbocycles. The van der Waals surface area contributed by atoms with Crippen molar-refractivity contribution in [1.82, 2.24) is 0 Å². The van der Waals surface area contributed by atoms with Crippen molar-refractivity contribution in [2.24, 2.45) is 0 Å². The molecule has 2 aliphatic rings. The number of hydrogen-bond acceptors (Lipinski definition) is 1. The van der Waals surface area contributed by atoms with Gasteiger partial charge < -0.3 is 4.74 Å². The van der Waals surface area contributed by atoms with Crippen LogP contribution in [0.1, 0.15) is 22.3 Å². The standard InChI is InChI=1S/C31H19BrO/c32-21-17-18-29-27(19-21)31(25-14-6-7-16-28(25)33-29)24-13-5-4-11-23(24)30-22(12-8-15-26(30)31)20-9-2-1-3-10-20/h1-19H. The van der Waals surface area contributed by atoms with Crippen molar-refractivity contribution in [3.8, 4) is 33.8 Å². The molecule has 0 aromatic heterocycles. The molecule has 2 heteroatoms. The Hall–Kier alpha value is -3.62. The second-order valence-corrected chi connectivity index (χ2v) is 9.54. The maximum atomic E-state index is 6.44. The zero-order valence-electron chi connectivity index (χ0n) is 17.8. The van der Waals surface area contributed by atoms with Crippen molar-refractivity contribution in [3.05, 3.63) is 142 Å². The normalized spacial score (nSPS) is 17.0. The van der Waals surface area contributed by atoms with Crippen molar-refractivity contribution < 1.29 is 4.74 Å². The van der Waals surface area contributed by atoms with Gasteiger partial charge in [-0.25, -0.2) is 0 Å². The Morgan fingerprint density at radius 1 is 0.515 bits per heavy atom. The Balaban J connectivity index is 1.69. The maximum Gasteiger partial charge on any atom is 0.132 e. The van der Waals surface area contributed by atoms with Crippen LogP contribution in [0.5, 0.6) is 11.5 Å². The van der Waals surface area contributed by atoms with Gasteiger partial charge in [-0.05, 0) is 57.6 Å². The van der Waals surface area contributed by atoms with Crippen LogP contribution in [0.4, 0.5) is 0 Å². The molecule has 0 fully saturated rings. The highest BCUT2D eigenvalue weighted by molar-refractivity contribution is 9.10. The Labute approximate surface area is 201 Å². The van der Waals surface area contributed by atoms with Crippen molar-refractivity contribution in [3.63, 3.8) is 0 Å². The highest BCUT2D eigenvalue weighted by Crippen LogP contribution is 2.63. The van der Waals surface area contributed by atoms with Crippen LogP contribution in [-0.4, -0.2) is 0 Å². The summed E-state index contributed by atoms with van der Waals surface area (Å²) >= 11 is 3.74. The van der Waals surface area contributed by atoms with Gasteiger partial charge in [-0.15, -0.1) is 0 Å². The minimum absolute atomic E-state index is 0.440. The largest absolute Gasteiger partial charge is 0.457 e. The van der Waals surface area contributed by atoms with E-state index < -0.39 is 5.41 Å². The molecule has 1 unspecified atom stereocenters. The zero-order chi connectivity index (χ0) is 22.0. The van der Waals surface area contributed by atoms with E-state index in [2.05, 4.69) is 131 Å². The summed E-state index contributed by atoms with van der Waals surface area (Å²) in [6, 6.07) is 41.2. The predicted octanol–water partition coefficient (Wildman–Crippen LogP) is 8.58. The first kappa shape index (κ1) is 18.9. The minimum atomic E-state index is -0.440. The lowest BCUT2D eigenvalue weighted by Crippen LogP contribution is -2.32. The molecule has 0 radical (unpaired) electrons. The van der Waals surface area contributed by atoms with E-state index in [1.165, 1.54) is 44.5 Å². The fourth-order valence-electron chi connectivity index (χ4n) is 5.78. The van der Waals surface area contributed by atoms with Crippen LogP contribution in [0.3, 0.4) is 0 Å². The highest BCUT2D eigenvalue weighted by atomic mass is 79.9. The lowest BCUT2D eigenvalue weighted by molar-refractivity contribution is 0.436. The van der Waals surface area contributed by atoms with Gasteiger partial charge in [-0.2, -0.15) is 0 Å². The van der Waals surface area contributed by atoms with Gasteiger partial charge in [0.15, 0.2) is 0 Å². The summed E-state index contributed by atoms with van der Waals surface area (Å²) in [4.78, 5) is 0. The summed E-state index contributed by atoms with van der Waals surface area (Å²) in [6.07, 6.45) is 0. The molecule has 156 valence electrons. The lowest BCUT2D eigenvalue weighted by atomic mass is 9.66. The van der Waals surface area contributed by atoms with E-state index in [-0.39, 0.29) is 0 Å². The Kier molecular flexibility index (Phi) is 3.97. The molecule has 5 aromatic rings. The number of ether oxygens (including phenoxy) is 1. The molecule has 0 saturated heterocycles. The van der Waals surface area contributed by atoms with Crippen LogP contribution in [0, 0.1) is 0 Å². The van der Waals surface area contributed by atoms with Crippen molar-refractivity contribution in [2.45, 2.75) is 5.41 Å². The van der Waals surface area contributed by atoms with Crippen LogP contribution in [0.2, 0.25) is 0 Å². The predicted molar refractivity (Wildman–Crippen MR) is 137 cm³/mol. The first-order valence-electron chi connectivity index (χ1n) is 11.1. The van der Waals surface area contributed by atoms with E-state index in [1.807, 2.05) is 0 Å². The van der Waals surface area contributed by atoms with Gasteiger partial charge in [0.2, 0.25) is 0 Å².